The molecule has 0 spiro atoms. The van der Waals surface area contributed by atoms with Crippen molar-refractivity contribution in [1.82, 2.24) is 10.2 Å². The number of nitrogens with one attached hydrogen (secondary N) is 1. The van der Waals surface area contributed by atoms with Gasteiger partial charge in [0.1, 0.15) is 5.69 Å². The van der Waals surface area contributed by atoms with Gasteiger partial charge in [-0.25, -0.2) is 5.10 Å². The molecule has 2 N–H and O–H groups in total. The second-order valence-electron chi connectivity index (χ2n) is 2.83. The zero-order valence-corrected chi connectivity index (χ0v) is 7.27. The molecule has 0 saturated heterocycles. The van der Waals surface area contributed by atoms with Gasteiger partial charge in [0.05, 0.1) is 0 Å². The minimum atomic E-state index is -0.206. The van der Waals surface area contributed by atoms with Gasteiger partial charge in [-0.05, 0) is 0 Å². The van der Waals surface area contributed by atoms with Crippen molar-refractivity contribution >= 4 is 5.78 Å². The average Bonchev–Trinajstić information content (AvgIpc) is 2.65. The van der Waals surface area contributed by atoms with Crippen molar-refractivity contribution in [2.45, 2.75) is 0 Å². The Kier molecular flexibility index (Phi) is 2.02. The Hall–Kier alpha value is -2.10. The summed E-state index contributed by atoms with van der Waals surface area (Å²) in [7, 11) is 0. The van der Waals surface area contributed by atoms with Gasteiger partial charge < -0.3 is 5.11 Å². The molecule has 0 aliphatic rings. The number of hydrogen-bond acceptors (Lipinski definition) is 3. The molecule has 4 heteroatoms. The zero-order valence-electron chi connectivity index (χ0n) is 7.27. The highest BCUT2D eigenvalue weighted by atomic mass is 16.3. The van der Waals surface area contributed by atoms with E-state index in [0.717, 1.165) is 0 Å². The van der Waals surface area contributed by atoms with E-state index in [1.54, 1.807) is 24.3 Å². The van der Waals surface area contributed by atoms with Crippen molar-refractivity contribution < 1.29 is 9.90 Å². The normalized spacial score (nSPS) is 10.0. The summed E-state index contributed by atoms with van der Waals surface area (Å²) in [6, 6.07) is 10.1. The van der Waals surface area contributed by atoms with E-state index in [2.05, 4.69) is 10.2 Å². The summed E-state index contributed by atoms with van der Waals surface area (Å²) < 4.78 is 0. The molecule has 0 aliphatic carbocycles. The van der Waals surface area contributed by atoms with E-state index in [4.69, 9.17) is 5.11 Å². The van der Waals surface area contributed by atoms with E-state index in [0.29, 0.717) is 5.56 Å². The van der Waals surface area contributed by atoms with Crippen LogP contribution in [0.2, 0.25) is 0 Å². The molecule has 0 unspecified atom stereocenters. The number of aromatic hydroxyl groups is 1. The first kappa shape index (κ1) is 8.50. The van der Waals surface area contributed by atoms with Crippen LogP contribution in [0.1, 0.15) is 16.1 Å². The molecular formula is C10H8N2O2. The number of carbonyl (C=O) groups excluding carboxylic acids is 1. The lowest BCUT2D eigenvalue weighted by Gasteiger charge is -1.94. The number of rotatable bonds is 2. The molecule has 1 aromatic carbocycles. The lowest BCUT2D eigenvalue weighted by atomic mass is 10.1. The van der Waals surface area contributed by atoms with Crippen molar-refractivity contribution in [2.24, 2.45) is 0 Å². The van der Waals surface area contributed by atoms with Crippen LogP contribution in [-0.4, -0.2) is 21.1 Å². The van der Waals surface area contributed by atoms with Crippen LogP contribution >= 0.6 is 0 Å². The van der Waals surface area contributed by atoms with Crippen LogP contribution in [0.3, 0.4) is 0 Å². The quantitative estimate of drug-likeness (QED) is 0.699. The van der Waals surface area contributed by atoms with Gasteiger partial charge in [-0.1, -0.05) is 30.3 Å². The molecule has 0 bridgehead atoms. The largest absolute Gasteiger partial charge is 0.494 e. The van der Waals surface area contributed by atoms with E-state index >= 15 is 0 Å². The summed E-state index contributed by atoms with van der Waals surface area (Å²) >= 11 is 0. The average molecular weight is 188 g/mol. The van der Waals surface area contributed by atoms with Gasteiger partial charge in [0, 0.05) is 11.6 Å². The topological polar surface area (TPSA) is 66.0 Å². The maximum Gasteiger partial charge on any atom is 0.213 e. The van der Waals surface area contributed by atoms with Gasteiger partial charge in [-0.2, -0.15) is 5.10 Å². The molecule has 0 atom stereocenters. The fourth-order valence-corrected chi connectivity index (χ4v) is 1.17. The fraction of sp³-hybridized carbons (Fsp3) is 0. The molecule has 0 amide bonds. The van der Waals surface area contributed by atoms with Gasteiger partial charge >= 0.3 is 0 Å². The monoisotopic (exact) mass is 188 g/mol. The Balaban J connectivity index is 2.34. The third-order valence-corrected chi connectivity index (χ3v) is 1.83. The van der Waals surface area contributed by atoms with Crippen LogP contribution < -0.4 is 0 Å². The summed E-state index contributed by atoms with van der Waals surface area (Å²) in [5.41, 5.74) is 0.771. The van der Waals surface area contributed by atoms with Crippen LogP contribution in [0, 0.1) is 0 Å². The van der Waals surface area contributed by atoms with Crippen molar-refractivity contribution in [3.63, 3.8) is 0 Å². The number of benzene rings is 1. The third-order valence-electron chi connectivity index (χ3n) is 1.83. The highest BCUT2D eigenvalue weighted by Gasteiger charge is 2.11. The number of nitrogens with zero attached hydrogens (tertiary/aromatic N) is 1. The van der Waals surface area contributed by atoms with E-state index in [-0.39, 0.29) is 17.4 Å². The molecule has 0 aliphatic heterocycles. The maximum atomic E-state index is 11.7. The predicted molar refractivity (Wildman–Crippen MR) is 50.1 cm³/mol. The fourth-order valence-electron chi connectivity index (χ4n) is 1.17. The van der Waals surface area contributed by atoms with Crippen molar-refractivity contribution in [2.75, 3.05) is 0 Å². The van der Waals surface area contributed by atoms with Crippen molar-refractivity contribution in [3.8, 4) is 5.88 Å². The number of hydrogen-bond donors (Lipinski definition) is 2. The summed E-state index contributed by atoms with van der Waals surface area (Å²) in [4.78, 5) is 11.7. The van der Waals surface area contributed by atoms with Crippen LogP contribution in [-0.2, 0) is 0 Å². The number of ketones is 1. The molecule has 0 fully saturated rings. The molecule has 4 nitrogen and oxygen atoms in total. The van der Waals surface area contributed by atoms with Crippen molar-refractivity contribution in [3.05, 3.63) is 47.7 Å². The molecule has 0 saturated carbocycles. The molecule has 2 aromatic rings. The molecule has 1 heterocycles. The molecule has 14 heavy (non-hydrogen) atoms. The van der Waals surface area contributed by atoms with Gasteiger partial charge in [0.15, 0.2) is 0 Å². The van der Waals surface area contributed by atoms with E-state index in [1.165, 1.54) is 6.07 Å². The summed E-state index contributed by atoms with van der Waals surface area (Å²) in [5.74, 6) is -0.313. The predicted octanol–water partition coefficient (Wildman–Crippen LogP) is 1.35. The third kappa shape index (κ3) is 1.50. The maximum absolute atomic E-state index is 11.7. The van der Waals surface area contributed by atoms with Crippen LogP contribution in [0.25, 0.3) is 0 Å². The minimum absolute atomic E-state index is 0.107. The van der Waals surface area contributed by atoms with E-state index in [9.17, 15) is 4.79 Å². The second-order valence-corrected chi connectivity index (χ2v) is 2.83. The van der Waals surface area contributed by atoms with Crippen molar-refractivity contribution in [1.29, 1.82) is 0 Å². The lowest BCUT2D eigenvalue weighted by molar-refractivity contribution is 0.103. The highest BCUT2D eigenvalue weighted by Crippen LogP contribution is 2.10. The Labute approximate surface area is 80.2 Å². The second kappa shape index (κ2) is 3.33. The van der Waals surface area contributed by atoms with Gasteiger partial charge in [0.25, 0.3) is 0 Å². The Morgan fingerprint density at radius 3 is 2.57 bits per heavy atom. The Morgan fingerprint density at radius 1 is 1.29 bits per heavy atom. The summed E-state index contributed by atoms with van der Waals surface area (Å²) in [6.45, 7) is 0. The molecule has 70 valence electrons. The minimum Gasteiger partial charge on any atom is -0.494 e. The molecule has 0 radical (unpaired) electrons. The van der Waals surface area contributed by atoms with E-state index in [1.807, 2.05) is 6.07 Å². The Morgan fingerprint density at radius 2 is 2.00 bits per heavy atom. The first-order chi connectivity index (χ1) is 6.77. The summed E-state index contributed by atoms with van der Waals surface area (Å²) in [6.07, 6.45) is 0. The van der Waals surface area contributed by atoms with Gasteiger partial charge in [-0.3, -0.25) is 4.79 Å². The number of carbonyl (C=O) groups is 1. The van der Waals surface area contributed by atoms with Crippen LogP contribution in [0.4, 0.5) is 0 Å². The van der Waals surface area contributed by atoms with Gasteiger partial charge in [-0.15, -0.1) is 0 Å². The zero-order chi connectivity index (χ0) is 9.97. The first-order valence-corrected chi connectivity index (χ1v) is 4.11. The molecule has 1 aromatic heterocycles. The molecular weight excluding hydrogens is 180 g/mol. The molecule has 2 rings (SSSR count). The first-order valence-electron chi connectivity index (χ1n) is 4.11. The number of aromatic nitrogens is 2. The highest BCUT2D eigenvalue weighted by molar-refractivity contribution is 6.07. The summed E-state index contributed by atoms with van der Waals surface area (Å²) in [5, 5.41) is 15.0. The van der Waals surface area contributed by atoms with Crippen LogP contribution in [0.5, 0.6) is 5.88 Å². The standard InChI is InChI=1S/C10H8N2O2/c13-9-6-8(11-12-9)10(14)7-4-2-1-3-5-7/h1-6H,(H2,11,12,13). The smallest absolute Gasteiger partial charge is 0.213 e. The number of aromatic amines is 1. The number of H-pyrrole nitrogens is 1. The Bertz CT molecular complexity index is 448. The lowest BCUT2D eigenvalue weighted by Crippen LogP contribution is -2.00. The van der Waals surface area contributed by atoms with Crippen LogP contribution in [0.15, 0.2) is 36.4 Å². The SMILES string of the molecule is O=C(c1ccccc1)c1cc(O)[nH]n1. The van der Waals surface area contributed by atoms with Gasteiger partial charge in [0.2, 0.25) is 11.7 Å². The van der Waals surface area contributed by atoms with E-state index < -0.39 is 0 Å².